The van der Waals surface area contributed by atoms with Crippen molar-refractivity contribution in [3.63, 3.8) is 0 Å². The van der Waals surface area contributed by atoms with Gasteiger partial charge in [-0.15, -0.1) is 11.3 Å². The molecule has 3 heteroatoms. The van der Waals surface area contributed by atoms with Gasteiger partial charge in [0.15, 0.2) is 0 Å². The van der Waals surface area contributed by atoms with E-state index < -0.39 is 0 Å². The smallest absolute Gasteiger partial charge is 0.0569 e. The SMILES string of the molecule is CCCNCc1cn(Cc2cccs2)c2ccccc12. The predicted molar refractivity (Wildman–Crippen MR) is 87.4 cm³/mol. The molecule has 2 heterocycles. The highest BCUT2D eigenvalue weighted by Gasteiger charge is 2.08. The molecule has 0 fully saturated rings. The van der Waals surface area contributed by atoms with Crippen LogP contribution in [0.1, 0.15) is 23.8 Å². The molecule has 0 aliphatic heterocycles. The highest BCUT2D eigenvalue weighted by atomic mass is 32.1. The standard InChI is InChI=1S/C17H20N2S/c1-2-9-18-11-14-12-19(13-15-6-5-10-20-15)17-8-4-3-7-16(14)17/h3-8,10,12,18H,2,9,11,13H2,1H3. The van der Waals surface area contributed by atoms with Crippen molar-refractivity contribution in [1.29, 1.82) is 0 Å². The van der Waals surface area contributed by atoms with Gasteiger partial charge in [0.1, 0.15) is 0 Å². The summed E-state index contributed by atoms with van der Waals surface area (Å²) in [7, 11) is 0. The number of fused-ring (bicyclic) bond motifs is 1. The fourth-order valence-corrected chi connectivity index (χ4v) is 3.27. The lowest BCUT2D eigenvalue weighted by atomic mass is 10.2. The van der Waals surface area contributed by atoms with Crippen LogP contribution in [0.15, 0.2) is 48.0 Å². The van der Waals surface area contributed by atoms with Gasteiger partial charge < -0.3 is 9.88 Å². The van der Waals surface area contributed by atoms with Gasteiger partial charge in [-0.25, -0.2) is 0 Å². The molecule has 0 spiro atoms. The molecule has 0 unspecified atom stereocenters. The maximum atomic E-state index is 3.50. The minimum absolute atomic E-state index is 0.950. The minimum atomic E-state index is 0.950. The molecule has 0 saturated carbocycles. The molecule has 3 aromatic rings. The molecule has 2 aromatic heterocycles. The molecule has 20 heavy (non-hydrogen) atoms. The van der Waals surface area contributed by atoms with Crippen LogP contribution in [0.25, 0.3) is 10.9 Å². The molecule has 104 valence electrons. The first-order valence-electron chi connectivity index (χ1n) is 7.18. The number of nitrogens with zero attached hydrogens (tertiary/aromatic N) is 1. The number of para-hydroxylation sites is 1. The molecule has 0 aliphatic rings. The fraction of sp³-hybridized carbons (Fsp3) is 0.294. The Kier molecular flexibility index (Phi) is 4.19. The van der Waals surface area contributed by atoms with Gasteiger partial charge in [0, 0.05) is 28.5 Å². The highest BCUT2D eigenvalue weighted by Crippen LogP contribution is 2.23. The molecular weight excluding hydrogens is 264 g/mol. The van der Waals surface area contributed by atoms with Crippen molar-refractivity contribution < 1.29 is 0 Å². The molecule has 0 bridgehead atoms. The van der Waals surface area contributed by atoms with Gasteiger partial charge in [-0.05, 0) is 36.0 Å². The van der Waals surface area contributed by atoms with E-state index in [0.717, 1.165) is 19.6 Å². The van der Waals surface area contributed by atoms with Crippen LogP contribution in [0.3, 0.4) is 0 Å². The zero-order valence-electron chi connectivity index (χ0n) is 11.8. The summed E-state index contributed by atoms with van der Waals surface area (Å²) in [5.74, 6) is 0. The predicted octanol–water partition coefficient (Wildman–Crippen LogP) is 4.25. The Hall–Kier alpha value is -1.58. The molecule has 0 radical (unpaired) electrons. The topological polar surface area (TPSA) is 17.0 Å². The summed E-state index contributed by atoms with van der Waals surface area (Å²) in [5.41, 5.74) is 2.72. The van der Waals surface area contributed by atoms with E-state index in [1.54, 1.807) is 0 Å². The van der Waals surface area contributed by atoms with E-state index in [1.165, 1.54) is 27.8 Å². The van der Waals surface area contributed by atoms with E-state index in [9.17, 15) is 0 Å². The minimum Gasteiger partial charge on any atom is -0.342 e. The van der Waals surface area contributed by atoms with Crippen molar-refractivity contribution >= 4 is 22.2 Å². The zero-order valence-corrected chi connectivity index (χ0v) is 12.6. The third-order valence-corrected chi connectivity index (χ3v) is 4.38. The number of thiophene rings is 1. The van der Waals surface area contributed by atoms with Crippen LogP contribution < -0.4 is 5.32 Å². The maximum Gasteiger partial charge on any atom is 0.0569 e. The van der Waals surface area contributed by atoms with Crippen molar-refractivity contribution in [2.75, 3.05) is 6.54 Å². The Bertz CT molecular complexity index is 667. The average Bonchev–Trinajstić information content (AvgIpc) is 3.09. The summed E-state index contributed by atoms with van der Waals surface area (Å²) >= 11 is 1.82. The molecule has 1 N–H and O–H groups in total. The lowest BCUT2D eigenvalue weighted by molar-refractivity contribution is 0.675. The summed E-state index contributed by atoms with van der Waals surface area (Å²) < 4.78 is 2.37. The van der Waals surface area contributed by atoms with E-state index in [-0.39, 0.29) is 0 Å². The first-order chi connectivity index (χ1) is 9.88. The van der Waals surface area contributed by atoms with Crippen LogP contribution in [0.2, 0.25) is 0 Å². The summed E-state index contributed by atoms with van der Waals surface area (Å²) in [6.45, 7) is 5.19. The summed E-state index contributed by atoms with van der Waals surface area (Å²) in [6.07, 6.45) is 3.47. The summed E-state index contributed by atoms with van der Waals surface area (Å²) in [4.78, 5) is 1.40. The van der Waals surface area contributed by atoms with Gasteiger partial charge in [-0.3, -0.25) is 0 Å². The fourth-order valence-electron chi connectivity index (χ4n) is 2.56. The van der Waals surface area contributed by atoms with Crippen LogP contribution in [-0.2, 0) is 13.1 Å². The number of hydrogen-bond donors (Lipinski definition) is 1. The molecule has 0 aliphatic carbocycles. The average molecular weight is 284 g/mol. The lowest BCUT2D eigenvalue weighted by Crippen LogP contribution is -2.13. The van der Waals surface area contributed by atoms with E-state index in [1.807, 2.05) is 11.3 Å². The lowest BCUT2D eigenvalue weighted by Gasteiger charge is -2.02. The van der Waals surface area contributed by atoms with Crippen molar-refractivity contribution in [3.05, 3.63) is 58.4 Å². The Morgan fingerprint density at radius 2 is 2.05 bits per heavy atom. The Morgan fingerprint density at radius 1 is 1.15 bits per heavy atom. The number of nitrogens with one attached hydrogen (secondary N) is 1. The first-order valence-corrected chi connectivity index (χ1v) is 8.06. The van der Waals surface area contributed by atoms with Gasteiger partial charge in [0.05, 0.1) is 6.54 Å². The number of rotatable bonds is 6. The molecule has 0 saturated heterocycles. The largest absolute Gasteiger partial charge is 0.342 e. The second-order valence-corrected chi connectivity index (χ2v) is 6.09. The normalized spacial score (nSPS) is 11.2. The van der Waals surface area contributed by atoms with Crippen molar-refractivity contribution in [2.45, 2.75) is 26.4 Å². The Labute approximate surface area is 124 Å². The van der Waals surface area contributed by atoms with Gasteiger partial charge in [0.25, 0.3) is 0 Å². The third-order valence-electron chi connectivity index (χ3n) is 3.52. The third kappa shape index (κ3) is 2.79. The van der Waals surface area contributed by atoms with E-state index in [4.69, 9.17) is 0 Å². The first kappa shape index (κ1) is 13.4. The molecule has 1 aromatic carbocycles. The van der Waals surface area contributed by atoms with Crippen LogP contribution >= 0.6 is 11.3 Å². The van der Waals surface area contributed by atoms with Crippen LogP contribution in [0.4, 0.5) is 0 Å². The Morgan fingerprint density at radius 3 is 2.85 bits per heavy atom. The van der Waals surface area contributed by atoms with Crippen LogP contribution in [-0.4, -0.2) is 11.1 Å². The van der Waals surface area contributed by atoms with Crippen molar-refractivity contribution in [3.8, 4) is 0 Å². The number of aromatic nitrogens is 1. The second-order valence-electron chi connectivity index (χ2n) is 5.06. The zero-order chi connectivity index (χ0) is 13.8. The summed E-state index contributed by atoms with van der Waals surface area (Å²) in [5, 5.41) is 7.02. The monoisotopic (exact) mass is 284 g/mol. The molecule has 3 rings (SSSR count). The molecule has 0 atom stereocenters. The maximum absolute atomic E-state index is 3.50. The van der Waals surface area contributed by atoms with Gasteiger partial charge in [-0.1, -0.05) is 31.2 Å². The summed E-state index contributed by atoms with van der Waals surface area (Å²) in [6, 6.07) is 13.0. The van der Waals surface area contributed by atoms with Crippen LogP contribution in [0, 0.1) is 0 Å². The molecular formula is C17H20N2S. The highest BCUT2D eigenvalue weighted by molar-refractivity contribution is 7.09. The van der Waals surface area contributed by atoms with E-state index in [2.05, 4.69) is 64.8 Å². The number of hydrogen-bond acceptors (Lipinski definition) is 2. The molecule has 0 amide bonds. The molecule has 2 nitrogen and oxygen atoms in total. The quantitative estimate of drug-likeness (QED) is 0.670. The van der Waals surface area contributed by atoms with Gasteiger partial charge >= 0.3 is 0 Å². The van der Waals surface area contributed by atoms with Crippen molar-refractivity contribution in [2.24, 2.45) is 0 Å². The van der Waals surface area contributed by atoms with E-state index in [0.29, 0.717) is 0 Å². The van der Waals surface area contributed by atoms with Crippen LogP contribution in [0.5, 0.6) is 0 Å². The second kappa shape index (κ2) is 6.25. The Balaban J connectivity index is 1.91. The number of benzene rings is 1. The van der Waals surface area contributed by atoms with Gasteiger partial charge in [-0.2, -0.15) is 0 Å². The van der Waals surface area contributed by atoms with E-state index >= 15 is 0 Å². The van der Waals surface area contributed by atoms with Gasteiger partial charge in [0.2, 0.25) is 0 Å². The van der Waals surface area contributed by atoms with Crippen molar-refractivity contribution in [1.82, 2.24) is 9.88 Å².